The molecule has 0 aromatic heterocycles. The van der Waals surface area contributed by atoms with Crippen molar-refractivity contribution in [3.63, 3.8) is 0 Å². The van der Waals surface area contributed by atoms with E-state index in [9.17, 15) is 41.0 Å². The van der Waals surface area contributed by atoms with Crippen molar-refractivity contribution in [2.45, 2.75) is 50.7 Å². The SMILES string of the molecule is CCC(F)(F)c1cc(Br)ccc1O[C@@H](CF)C(=O)O.CCC(F)(F)c1cc(Br)ccc1O[C@@H](CF)C(=O)[O-].O=CO[O-].[Na+].[Na+]. The van der Waals surface area contributed by atoms with Gasteiger partial charge in [-0.3, -0.25) is 4.79 Å². The fourth-order valence-electron chi connectivity index (χ4n) is 2.76. The van der Waals surface area contributed by atoms with E-state index in [0.29, 0.717) is 8.95 Å². The molecule has 2 atom stereocenters. The number of hydrogen-bond donors (Lipinski definition) is 1. The molecule has 0 saturated heterocycles. The zero-order chi connectivity index (χ0) is 32.7. The first-order valence-electron chi connectivity index (χ1n) is 11.5. The summed E-state index contributed by atoms with van der Waals surface area (Å²) in [6.45, 7) is -0.289. The maximum absolute atomic E-state index is 13.7. The van der Waals surface area contributed by atoms with Crippen molar-refractivity contribution in [2.24, 2.45) is 0 Å². The summed E-state index contributed by atoms with van der Waals surface area (Å²) < 4.78 is 90.2. The maximum Gasteiger partial charge on any atom is 1.00 e. The van der Waals surface area contributed by atoms with E-state index in [0.717, 1.165) is 18.2 Å². The number of carbonyl (C=O) groups excluding carboxylic acids is 2. The Morgan fingerprint density at radius 2 is 1.20 bits per heavy atom. The van der Waals surface area contributed by atoms with Crippen molar-refractivity contribution in [3.05, 3.63) is 56.5 Å². The van der Waals surface area contributed by atoms with Crippen LogP contribution in [0.1, 0.15) is 37.8 Å². The largest absolute Gasteiger partial charge is 1.00 e. The summed E-state index contributed by atoms with van der Waals surface area (Å²) in [5.41, 5.74) is -0.965. The third-order valence-corrected chi connectivity index (χ3v) is 5.94. The smallest absolute Gasteiger partial charge is 0.662 e. The molecule has 0 aliphatic heterocycles. The van der Waals surface area contributed by atoms with Crippen LogP contribution in [0.2, 0.25) is 0 Å². The molecule has 236 valence electrons. The molecule has 0 aliphatic carbocycles. The number of rotatable bonds is 13. The molecular formula is C25H24Br2F6Na2O9. The average molecular weight is 788 g/mol. The van der Waals surface area contributed by atoms with E-state index in [1.165, 1.54) is 32.0 Å². The van der Waals surface area contributed by atoms with Gasteiger partial charge < -0.3 is 34.6 Å². The van der Waals surface area contributed by atoms with Crippen molar-refractivity contribution in [3.8, 4) is 11.5 Å². The molecule has 2 aromatic rings. The molecule has 0 fully saturated rings. The molecular weight excluding hydrogens is 764 g/mol. The number of alkyl halides is 6. The van der Waals surface area contributed by atoms with E-state index in [1.807, 2.05) is 0 Å². The van der Waals surface area contributed by atoms with Gasteiger partial charge in [0.05, 0.1) is 17.1 Å². The number of ether oxygens (including phenoxy) is 2. The molecule has 2 aromatic carbocycles. The number of carboxylic acids is 2. The molecule has 0 bridgehead atoms. The van der Waals surface area contributed by atoms with Gasteiger partial charge in [-0.1, -0.05) is 45.7 Å². The summed E-state index contributed by atoms with van der Waals surface area (Å²) >= 11 is 6.09. The van der Waals surface area contributed by atoms with E-state index < -0.39 is 73.3 Å². The minimum absolute atomic E-state index is 0. The fourth-order valence-corrected chi connectivity index (χ4v) is 3.48. The van der Waals surface area contributed by atoms with Crippen molar-refractivity contribution >= 4 is 50.3 Å². The van der Waals surface area contributed by atoms with E-state index >= 15 is 0 Å². The molecule has 0 amide bonds. The molecule has 0 saturated carbocycles. The number of aliphatic carboxylic acids is 2. The summed E-state index contributed by atoms with van der Waals surface area (Å²) in [7, 11) is 0. The molecule has 0 unspecified atom stereocenters. The van der Waals surface area contributed by atoms with Crippen molar-refractivity contribution < 1.29 is 130 Å². The monoisotopic (exact) mass is 786 g/mol. The number of hydrogen-bond acceptors (Lipinski definition) is 8. The Balaban J connectivity index is -0.000000654. The molecule has 0 aliphatic rings. The molecule has 44 heavy (non-hydrogen) atoms. The summed E-state index contributed by atoms with van der Waals surface area (Å²) in [6, 6.07) is 7.42. The van der Waals surface area contributed by atoms with E-state index in [-0.39, 0.29) is 77.1 Å². The van der Waals surface area contributed by atoms with Crippen molar-refractivity contribution in [1.82, 2.24) is 0 Å². The van der Waals surface area contributed by atoms with Crippen LogP contribution < -0.4 is 79.0 Å². The standard InChI is InChI=1S/2C12H12BrF3O3.CH2O3.2Na/c2*1-2-12(15,16)8-5-7(13)3-4-9(8)19-10(6-14)11(17)18;2-1-4-3;;/h2*3-5,10H,2,6H2,1H3,(H,17,18);1,3H;;/q;;;2*+1/p-2/t2*10-;;;/m00.../s1. The first-order valence-corrected chi connectivity index (χ1v) is 13.1. The number of benzene rings is 2. The van der Waals surface area contributed by atoms with Gasteiger partial charge in [0, 0.05) is 21.8 Å². The predicted molar refractivity (Wildman–Crippen MR) is 137 cm³/mol. The molecule has 1 N–H and O–H groups in total. The molecule has 0 spiro atoms. The van der Waals surface area contributed by atoms with E-state index in [2.05, 4.69) is 36.7 Å². The van der Waals surface area contributed by atoms with Crippen molar-refractivity contribution in [2.75, 3.05) is 13.3 Å². The third-order valence-electron chi connectivity index (χ3n) is 4.96. The minimum Gasteiger partial charge on any atom is -0.662 e. The molecule has 0 radical (unpaired) electrons. The van der Waals surface area contributed by atoms with Crippen molar-refractivity contribution in [1.29, 1.82) is 0 Å². The molecule has 2 rings (SSSR count). The van der Waals surface area contributed by atoms with Crippen LogP contribution in [-0.2, 0) is 31.1 Å². The van der Waals surface area contributed by atoms with Gasteiger partial charge in [-0.05, 0) is 36.4 Å². The molecule has 0 heterocycles. The average Bonchev–Trinajstić information content (AvgIpc) is 2.95. The van der Waals surface area contributed by atoms with Crippen LogP contribution in [0.5, 0.6) is 11.5 Å². The van der Waals surface area contributed by atoms with Gasteiger partial charge in [-0.15, -0.1) is 0 Å². The van der Waals surface area contributed by atoms with E-state index in [4.69, 9.17) is 24.6 Å². The zero-order valence-electron chi connectivity index (χ0n) is 23.8. The Hall–Kier alpha value is -1.05. The summed E-state index contributed by atoms with van der Waals surface area (Å²) in [4.78, 5) is 32.5. The Morgan fingerprint density at radius 1 is 0.864 bits per heavy atom. The second kappa shape index (κ2) is 23.3. The molecule has 9 nitrogen and oxygen atoms in total. The number of halogens is 8. The second-order valence-electron chi connectivity index (χ2n) is 7.77. The van der Waals surface area contributed by atoms with Crippen LogP contribution in [0.4, 0.5) is 26.3 Å². The number of carbonyl (C=O) groups is 3. The van der Waals surface area contributed by atoms with Gasteiger partial charge in [-0.2, -0.15) is 0 Å². The van der Waals surface area contributed by atoms with Crippen LogP contribution in [0.25, 0.3) is 0 Å². The Bertz CT molecular complexity index is 1100. The van der Waals surface area contributed by atoms with Crippen LogP contribution in [0, 0.1) is 0 Å². The van der Waals surface area contributed by atoms with Gasteiger partial charge in [0.15, 0.2) is 6.10 Å². The van der Waals surface area contributed by atoms with Gasteiger partial charge >= 0.3 is 65.1 Å². The Morgan fingerprint density at radius 3 is 1.45 bits per heavy atom. The topological polar surface area (TPSA) is 145 Å². The van der Waals surface area contributed by atoms with Gasteiger partial charge in [0.25, 0.3) is 18.3 Å². The minimum atomic E-state index is -3.20. The van der Waals surface area contributed by atoms with Crippen LogP contribution >= 0.6 is 31.9 Å². The second-order valence-corrected chi connectivity index (χ2v) is 9.60. The Kier molecular flexibility index (Phi) is 25.1. The predicted octanol–water partition coefficient (Wildman–Crippen LogP) is -1.39. The summed E-state index contributed by atoms with van der Waals surface area (Å²) in [5.74, 6) is -10.4. The normalized spacial score (nSPS) is 11.8. The van der Waals surface area contributed by atoms with E-state index in [1.54, 1.807) is 0 Å². The van der Waals surface area contributed by atoms with Gasteiger partial charge in [0.2, 0.25) is 6.10 Å². The summed E-state index contributed by atoms with van der Waals surface area (Å²) in [5, 5.41) is 27.7. The first-order chi connectivity index (χ1) is 19.5. The fraction of sp³-hybridized carbons (Fsp3) is 0.400. The maximum atomic E-state index is 13.7. The molecule has 19 heteroatoms. The quantitative estimate of drug-likeness (QED) is 0.0854. The van der Waals surface area contributed by atoms with Gasteiger partial charge in [-0.25, -0.2) is 31.1 Å². The Labute approximate surface area is 309 Å². The zero-order valence-corrected chi connectivity index (χ0v) is 30.9. The van der Waals surface area contributed by atoms with Gasteiger partial charge in [0.1, 0.15) is 24.8 Å². The summed E-state index contributed by atoms with van der Waals surface area (Å²) in [6.07, 6.45) is -4.68. The van der Waals surface area contributed by atoms with Crippen LogP contribution in [0.15, 0.2) is 45.3 Å². The first kappa shape index (κ1) is 47.4. The number of carboxylic acid groups (broad SMARTS) is 2. The third kappa shape index (κ3) is 16.0. The van der Waals surface area contributed by atoms with Crippen LogP contribution in [-0.4, -0.2) is 49.1 Å². The van der Waals surface area contributed by atoms with Crippen LogP contribution in [0.3, 0.4) is 0 Å².